The largest absolute Gasteiger partial charge is 0.480 e. The Morgan fingerprint density at radius 2 is 2.28 bits per heavy atom. The van der Waals surface area contributed by atoms with E-state index < -0.39 is 9.84 Å². The minimum atomic E-state index is -2.87. The first-order valence-electron chi connectivity index (χ1n) is 5.91. The molecule has 0 bridgehead atoms. The van der Waals surface area contributed by atoms with Crippen LogP contribution in [-0.2, 0) is 16.4 Å². The summed E-state index contributed by atoms with van der Waals surface area (Å²) in [5.41, 5.74) is 0.770. The van der Waals surface area contributed by atoms with E-state index in [1.807, 2.05) is 6.07 Å². The van der Waals surface area contributed by atoms with Gasteiger partial charge in [-0.1, -0.05) is 0 Å². The normalized spacial score (nSPS) is 21.9. The number of sulfone groups is 1. The lowest BCUT2D eigenvalue weighted by molar-refractivity contribution is 0.390. The number of nitrogens with one attached hydrogen (secondary N) is 1. The number of hydrogen-bond acceptors (Lipinski definition) is 6. The third-order valence-electron chi connectivity index (χ3n) is 3.05. The molecule has 1 aliphatic heterocycles. The van der Waals surface area contributed by atoms with Gasteiger partial charge in [-0.2, -0.15) is 5.10 Å². The van der Waals surface area contributed by atoms with Gasteiger partial charge in [-0.3, -0.25) is 0 Å². The predicted molar refractivity (Wildman–Crippen MR) is 67.1 cm³/mol. The van der Waals surface area contributed by atoms with Crippen molar-refractivity contribution in [2.24, 2.45) is 0 Å². The summed E-state index contributed by atoms with van der Waals surface area (Å²) in [6, 6.07) is 3.54. The molecule has 2 heterocycles. The van der Waals surface area contributed by atoms with Gasteiger partial charge in [0.25, 0.3) is 0 Å². The zero-order valence-corrected chi connectivity index (χ0v) is 11.1. The lowest BCUT2D eigenvalue weighted by atomic mass is 10.2. The summed E-state index contributed by atoms with van der Waals surface area (Å²) < 4.78 is 28.1. The molecule has 1 aromatic heterocycles. The molecular formula is C11H17N3O3S. The van der Waals surface area contributed by atoms with Crippen LogP contribution >= 0.6 is 0 Å². The van der Waals surface area contributed by atoms with Crippen molar-refractivity contribution < 1.29 is 13.2 Å². The molecule has 18 heavy (non-hydrogen) atoms. The van der Waals surface area contributed by atoms with Gasteiger partial charge >= 0.3 is 0 Å². The molecule has 1 saturated heterocycles. The highest BCUT2D eigenvalue weighted by atomic mass is 32.2. The van der Waals surface area contributed by atoms with Gasteiger partial charge in [0.05, 0.1) is 23.8 Å². The van der Waals surface area contributed by atoms with Gasteiger partial charge in [0.1, 0.15) is 0 Å². The van der Waals surface area contributed by atoms with E-state index in [-0.39, 0.29) is 5.25 Å². The Kier molecular flexibility index (Phi) is 4.13. The first-order chi connectivity index (χ1) is 8.62. The maximum Gasteiger partial charge on any atom is 0.233 e. The fourth-order valence-electron chi connectivity index (χ4n) is 2.00. The molecule has 0 aliphatic carbocycles. The zero-order chi connectivity index (χ0) is 13.0. The molecule has 0 aromatic carbocycles. The molecule has 1 N–H and O–H groups in total. The Morgan fingerprint density at radius 3 is 2.83 bits per heavy atom. The first kappa shape index (κ1) is 13.2. The third-order valence-corrected chi connectivity index (χ3v) is 5.32. The minimum Gasteiger partial charge on any atom is -0.480 e. The van der Waals surface area contributed by atoms with Crippen LogP contribution in [0.2, 0.25) is 0 Å². The molecule has 1 unspecified atom stereocenters. The Balaban J connectivity index is 1.81. The average molecular weight is 271 g/mol. The summed E-state index contributed by atoms with van der Waals surface area (Å²) in [4.78, 5) is 0. The van der Waals surface area contributed by atoms with Crippen molar-refractivity contribution in [3.05, 3.63) is 17.8 Å². The van der Waals surface area contributed by atoms with E-state index in [0.29, 0.717) is 24.7 Å². The topological polar surface area (TPSA) is 81.2 Å². The maximum atomic E-state index is 11.6. The minimum absolute atomic E-state index is 0.247. The standard InChI is InChI=1S/C11H17N3O3S/c1-17-11-5-4-9(13-14-11)7-12-8-10-3-2-6-18(10,15)16/h4-5,10,12H,2-3,6-8H2,1H3. The highest BCUT2D eigenvalue weighted by molar-refractivity contribution is 7.92. The van der Waals surface area contributed by atoms with E-state index in [1.54, 1.807) is 6.07 Å². The van der Waals surface area contributed by atoms with E-state index >= 15 is 0 Å². The van der Waals surface area contributed by atoms with Gasteiger partial charge in [-0.15, -0.1) is 5.10 Å². The average Bonchev–Trinajstić information content (AvgIpc) is 2.70. The highest BCUT2D eigenvalue weighted by Crippen LogP contribution is 2.19. The second-order valence-electron chi connectivity index (χ2n) is 4.33. The van der Waals surface area contributed by atoms with Gasteiger partial charge in [-0.25, -0.2) is 8.42 Å². The lowest BCUT2D eigenvalue weighted by Gasteiger charge is -2.10. The summed E-state index contributed by atoms with van der Waals surface area (Å²) in [5, 5.41) is 10.7. The summed E-state index contributed by atoms with van der Waals surface area (Å²) in [5.74, 6) is 0.791. The smallest absolute Gasteiger partial charge is 0.233 e. The fraction of sp³-hybridized carbons (Fsp3) is 0.636. The van der Waals surface area contributed by atoms with Crippen molar-refractivity contribution >= 4 is 9.84 Å². The summed E-state index contributed by atoms with van der Waals surface area (Å²) in [6.45, 7) is 0.999. The van der Waals surface area contributed by atoms with Crippen molar-refractivity contribution in [3.8, 4) is 5.88 Å². The quantitative estimate of drug-likeness (QED) is 0.821. The molecule has 1 fully saturated rings. The van der Waals surface area contributed by atoms with Gasteiger partial charge in [0.15, 0.2) is 9.84 Å². The van der Waals surface area contributed by atoms with E-state index in [0.717, 1.165) is 18.5 Å². The van der Waals surface area contributed by atoms with Crippen molar-refractivity contribution in [2.75, 3.05) is 19.4 Å². The maximum absolute atomic E-state index is 11.6. The van der Waals surface area contributed by atoms with Crippen LogP contribution in [0.4, 0.5) is 0 Å². The molecular weight excluding hydrogens is 254 g/mol. The van der Waals surface area contributed by atoms with Gasteiger partial charge in [-0.05, 0) is 18.9 Å². The van der Waals surface area contributed by atoms with E-state index in [1.165, 1.54) is 7.11 Å². The van der Waals surface area contributed by atoms with Crippen molar-refractivity contribution in [2.45, 2.75) is 24.6 Å². The van der Waals surface area contributed by atoms with Crippen LogP contribution in [0.25, 0.3) is 0 Å². The molecule has 0 spiro atoms. The van der Waals surface area contributed by atoms with Crippen LogP contribution < -0.4 is 10.1 Å². The number of rotatable bonds is 5. The van der Waals surface area contributed by atoms with Gasteiger partial charge in [0.2, 0.25) is 5.88 Å². The van der Waals surface area contributed by atoms with Crippen LogP contribution in [0.15, 0.2) is 12.1 Å². The molecule has 0 amide bonds. The molecule has 2 rings (SSSR count). The molecule has 100 valence electrons. The summed E-state index contributed by atoms with van der Waals surface area (Å²) in [6.07, 6.45) is 1.53. The Morgan fingerprint density at radius 1 is 1.44 bits per heavy atom. The third kappa shape index (κ3) is 3.17. The second-order valence-corrected chi connectivity index (χ2v) is 6.73. The summed E-state index contributed by atoms with van der Waals surface area (Å²) >= 11 is 0. The number of aromatic nitrogens is 2. The monoisotopic (exact) mass is 271 g/mol. The predicted octanol–water partition coefficient (Wildman–Crippen LogP) is 0.152. The van der Waals surface area contributed by atoms with E-state index in [4.69, 9.17) is 4.74 Å². The Hall–Kier alpha value is -1.21. The van der Waals surface area contributed by atoms with E-state index in [2.05, 4.69) is 15.5 Å². The van der Waals surface area contributed by atoms with Crippen molar-refractivity contribution in [1.29, 1.82) is 0 Å². The number of methoxy groups -OCH3 is 1. The number of ether oxygens (including phenoxy) is 1. The molecule has 0 saturated carbocycles. The zero-order valence-electron chi connectivity index (χ0n) is 10.3. The van der Waals surface area contributed by atoms with Crippen LogP contribution in [0.3, 0.4) is 0 Å². The summed E-state index contributed by atoms with van der Waals surface area (Å²) in [7, 11) is -1.34. The van der Waals surface area contributed by atoms with Crippen LogP contribution in [0.5, 0.6) is 5.88 Å². The van der Waals surface area contributed by atoms with Gasteiger partial charge < -0.3 is 10.1 Å². The molecule has 7 heteroatoms. The SMILES string of the molecule is COc1ccc(CNCC2CCCS2(=O)=O)nn1. The number of hydrogen-bond donors (Lipinski definition) is 1. The molecule has 1 aliphatic rings. The fourth-order valence-corrected chi connectivity index (χ4v) is 3.80. The molecule has 0 radical (unpaired) electrons. The van der Waals surface area contributed by atoms with Crippen molar-refractivity contribution in [3.63, 3.8) is 0 Å². The van der Waals surface area contributed by atoms with Crippen LogP contribution in [0, 0.1) is 0 Å². The highest BCUT2D eigenvalue weighted by Gasteiger charge is 2.30. The first-order valence-corrected chi connectivity index (χ1v) is 7.62. The second kappa shape index (κ2) is 5.62. The molecule has 6 nitrogen and oxygen atoms in total. The Bertz CT molecular complexity index is 487. The van der Waals surface area contributed by atoms with Crippen LogP contribution in [-0.4, -0.2) is 43.3 Å². The molecule has 1 aromatic rings. The van der Waals surface area contributed by atoms with Gasteiger partial charge in [0, 0.05) is 19.2 Å². The lowest BCUT2D eigenvalue weighted by Crippen LogP contribution is -2.30. The Labute approximate surface area is 107 Å². The van der Waals surface area contributed by atoms with Crippen molar-refractivity contribution in [1.82, 2.24) is 15.5 Å². The van der Waals surface area contributed by atoms with Crippen LogP contribution in [0.1, 0.15) is 18.5 Å². The molecule has 1 atom stereocenters. The number of nitrogens with zero attached hydrogens (tertiary/aromatic N) is 2. The van der Waals surface area contributed by atoms with E-state index in [9.17, 15) is 8.42 Å².